The van der Waals surface area contributed by atoms with E-state index in [0.29, 0.717) is 41.5 Å². The van der Waals surface area contributed by atoms with Gasteiger partial charge < -0.3 is 14.7 Å². The number of alkyl halides is 1. The van der Waals surface area contributed by atoms with Crippen molar-refractivity contribution < 1.29 is 14.0 Å². The van der Waals surface area contributed by atoms with Crippen LogP contribution in [-0.4, -0.2) is 88.2 Å². The van der Waals surface area contributed by atoms with Crippen molar-refractivity contribution in [2.45, 2.75) is 83.1 Å². The molecule has 4 atom stereocenters. The number of hydrogen-bond acceptors (Lipinski definition) is 5. The number of amides is 2. The summed E-state index contributed by atoms with van der Waals surface area (Å²) in [6.45, 7) is 9.34. The molecule has 7 nitrogen and oxygen atoms in total. The van der Waals surface area contributed by atoms with Gasteiger partial charge in [0.25, 0.3) is 5.91 Å². The van der Waals surface area contributed by atoms with Gasteiger partial charge >= 0.3 is 0 Å². The van der Waals surface area contributed by atoms with E-state index in [2.05, 4.69) is 30.7 Å². The van der Waals surface area contributed by atoms with E-state index in [1.54, 1.807) is 4.90 Å². The second-order valence-electron chi connectivity index (χ2n) is 13.7. The van der Waals surface area contributed by atoms with Crippen molar-refractivity contribution >= 4 is 40.9 Å². The molecule has 2 aromatic rings. The maximum absolute atomic E-state index is 14.6. The van der Waals surface area contributed by atoms with E-state index in [9.17, 15) is 14.0 Å². The van der Waals surface area contributed by atoms with Gasteiger partial charge in [0, 0.05) is 46.5 Å². The highest BCUT2D eigenvalue weighted by atomic mass is 35.5. The molecule has 2 unspecified atom stereocenters. The summed E-state index contributed by atoms with van der Waals surface area (Å²) in [7, 11) is 2.12. The molecule has 10 heteroatoms. The number of nitrogens with zero attached hydrogens (tertiary/aromatic N) is 5. The number of likely N-dealkylation sites (tertiary alicyclic amines) is 1. The van der Waals surface area contributed by atoms with Crippen LogP contribution in [-0.2, 0) is 9.59 Å². The van der Waals surface area contributed by atoms with Gasteiger partial charge in [-0.25, -0.2) is 4.39 Å². The van der Waals surface area contributed by atoms with Crippen LogP contribution in [0.15, 0.2) is 64.8 Å². The van der Waals surface area contributed by atoms with Crippen LogP contribution in [0.2, 0.25) is 10.0 Å². The predicted octanol–water partition coefficient (Wildman–Crippen LogP) is 7.08. The molecule has 0 aromatic heterocycles. The molecular formula is C36H44Cl2FN5O2. The molecule has 46 heavy (non-hydrogen) atoms. The van der Waals surface area contributed by atoms with Crippen LogP contribution in [0.4, 0.5) is 4.39 Å². The summed E-state index contributed by atoms with van der Waals surface area (Å²) in [5.74, 6) is 0.373. The Morgan fingerprint density at radius 2 is 1.59 bits per heavy atom. The minimum absolute atomic E-state index is 0.0525. The zero-order valence-corrected chi connectivity index (χ0v) is 28.9. The van der Waals surface area contributed by atoms with E-state index >= 15 is 0 Å². The van der Waals surface area contributed by atoms with Gasteiger partial charge in [-0.15, -0.1) is 0 Å². The van der Waals surface area contributed by atoms with E-state index in [-0.39, 0.29) is 35.4 Å². The van der Waals surface area contributed by atoms with Gasteiger partial charge in [0.15, 0.2) is 0 Å². The van der Waals surface area contributed by atoms with E-state index in [1.807, 2.05) is 67.3 Å². The first-order valence-corrected chi connectivity index (χ1v) is 17.2. The molecule has 0 bridgehead atoms. The van der Waals surface area contributed by atoms with Crippen LogP contribution in [0.3, 0.4) is 0 Å². The van der Waals surface area contributed by atoms with Gasteiger partial charge in [0.2, 0.25) is 5.91 Å². The van der Waals surface area contributed by atoms with Gasteiger partial charge in [-0.05, 0) is 87.9 Å². The molecular weight excluding hydrogens is 624 g/mol. The number of likely N-dealkylation sites (N-methyl/N-ethyl adjacent to an activating group) is 1. The van der Waals surface area contributed by atoms with E-state index in [0.717, 1.165) is 42.0 Å². The third kappa shape index (κ3) is 5.97. The van der Waals surface area contributed by atoms with Crippen molar-refractivity contribution in [2.75, 3.05) is 33.4 Å². The smallest absolute Gasteiger partial charge is 0.252 e. The fourth-order valence-corrected chi connectivity index (χ4v) is 8.09. The molecule has 1 spiro atoms. The minimum atomic E-state index is -0.678. The Kier molecular flexibility index (Phi) is 9.27. The largest absolute Gasteiger partial charge is 0.338 e. The number of rotatable bonds is 7. The van der Waals surface area contributed by atoms with Crippen molar-refractivity contribution in [3.63, 3.8) is 0 Å². The lowest BCUT2D eigenvalue weighted by molar-refractivity contribution is -0.146. The van der Waals surface area contributed by atoms with Gasteiger partial charge in [0.05, 0.1) is 12.1 Å². The molecule has 1 aliphatic carbocycles. The first kappa shape index (κ1) is 33.0. The average Bonchev–Trinajstić information content (AvgIpc) is 3.55. The number of halogens is 3. The Morgan fingerprint density at radius 1 is 0.978 bits per heavy atom. The average molecular weight is 669 g/mol. The standard InChI is InChI=1S/C36H44Cl2FN5O2/c1-22(2)32(43-24(4)40-31(25-6-10-27(37)11-7-25)33(43)26-8-12-28(38)13-9-26)23(3)34(45)44-29(20-39)14-15-30(44)35(46)42-19-18-41(5)36(21-42)16-17-36/h6-13,22,29-31,33H,14-21H2,1-5H3/b32-23+/t29-,30?,31-,33?/m0/s1. The van der Waals surface area contributed by atoms with Crippen LogP contribution in [0.1, 0.15) is 76.6 Å². The highest BCUT2D eigenvalue weighted by molar-refractivity contribution is 6.30. The van der Waals surface area contributed by atoms with Gasteiger partial charge in [0.1, 0.15) is 24.6 Å². The van der Waals surface area contributed by atoms with Gasteiger partial charge in [-0.2, -0.15) is 0 Å². The molecule has 0 radical (unpaired) electrons. The summed E-state index contributed by atoms with van der Waals surface area (Å²) in [6.07, 6.45) is 3.10. The summed E-state index contributed by atoms with van der Waals surface area (Å²) in [5.41, 5.74) is 3.39. The SMILES string of the molecule is CC1=N[C@@H](c2ccc(Cl)cc2)C(c2ccc(Cl)cc2)N1/C(=C(\C)C(=O)N1C(C(=O)N2CCN(C)C3(CC3)C2)CC[C@H]1CF)C(C)C. The number of aliphatic imine (C=N–C) groups is 1. The third-order valence-corrected chi connectivity index (χ3v) is 11.0. The molecule has 6 rings (SSSR count). The number of carbonyl (C=O) groups excluding carboxylic acids is 2. The summed E-state index contributed by atoms with van der Waals surface area (Å²) in [4.78, 5) is 41.8. The van der Waals surface area contributed by atoms with Crippen molar-refractivity contribution in [1.29, 1.82) is 0 Å². The van der Waals surface area contributed by atoms with E-state index in [4.69, 9.17) is 28.2 Å². The summed E-state index contributed by atoms with van der Waals surface area (Å²) >= 11 is 12.5. The number of amidine groups is 1. The van der Waals surface area contributed by atoms with Crippen LogP contribution >= 0.6 is 23.2 Å². The Labute approximate surface area is 282 Å². The Bertz CT molecular complexity index is 1540. The molecule has 4 aliphatic rings. The van der Waals surface area contributed by atoms with Crippen LogP contribution in [0.5, 0.6) is 0 Å². The molecule has 1 saturated carbocycles. The Balaban J connectivity index is 1.37. The third-order valence-electron chi connectivity index (χ3n) is 10.5. The van der Waals surface area contributed by atoms with Crippen LogP contribution in [0.25, 0.3) is 0 Å². The fourth-order valence-electron chi connectivity index (χ4n) is 7.83. The van der Waals surface area contributed by atoms with Crippen molar-refractivity contribution in [3.05, 3.63) is 81.0 Å². The maximum atomic E-state index is 14.6. The van der Waals surface area contributed by atoms with Crippen molar-refractivity contribution in [3.8, 4) is 0 Å². The second-order valence-corrected chi connectivity index (χ2v) is 14.6. The quantitative estimate of drug-likeness (QED) is 0.296. The monoisotopic (exact) mass is 667 g/mol. The van der Waals surface area contributed by atoms with Gasteiger partial charge in [-0.3, -0.25) is 19.5 Å². The number of allylic oxidation sites excluding steroid dienone is 1. The topological polar surface area (TPSA) is 59.5 Å². The summed E-state index contributed by atoms with van der Waals surface area (Å²) in [6, 6.07) is 13.6. The zero-order chi connectivity index (χ0) is 32.9. The zero-order valence-electron chi connectivity index (χ0n) is 27.3. The highest BCUT2D eigenvalue weighted by Crippen LogP contribution is 2.47. The first-order valence-electron chi connectivity index (χ1n) is 16.4. The molecule has 2 saturated heterocycles. The molecule has 2 aromatic carbocycles. The Hall–Kier alpha value is -2.94. The van der Waals surface area contributed by atoms with Crippen molar-refractivity contribution in [2.24, 2.45) is 10.9 Å². The molecule has 2 amide bonds. The Morgan fingerprint density at radius 3 is 2.15 bits per heavy atom. The maximum Gasteiger partial charge on any atom is 0.252 e. The van der Waals surface area contributed by atoms with Crippen LogP contribution < -0.4 is 0 Å². The lowest BCUT2D eigenvalue weighted by atomic mass is 9.91. The summed E-state index contributed by atoms with van der Waals surface area (Å²) in [5, 5.41) is 1.28. The molecule has 246 valence electrons. The lowest BCUT2D eigenvalue weighted by Gasteiger charge is -2.42. The predicted molar refractivity (Wildman–Crippen MR) is 182 cm³/mol. The normalized spacial score (nSPS) is 26.5. The van der Waals surface area contributed by atoms with Crippen LogP contribution in [0, 0.1) is 5.92 Å². The van der Waals surface area contributed by atoms with E-state index in [1.165, 1.54) is 0 Å². The number of hydrogen-bond donors (Lipinski definition) is 0. The fraction of sp³-hybridized carbons (Fsp3) is 0.528. The second kappa shape index (κ2) is 12.9. The van der Waals surface area contributed by atoms with Crippen molar-refractivity contribution in [1.82, 2.24) is 19.6 Å². The van der Waals surface area contributed by atoms with Gasteiger partial charge in [-0.1, -0.05) is 61.3 Å². The first-order chi connectivity index (χ1) is 22.0. The molecule has 3 fully saturated rings. The molecule has 3 heterocycles. The lowest BCUT2D eigenvalue weighted by Crippen LogP contribution is -2.59. The number of piperazine rings is 1. The molecule has 0 N–H and O–H groups in total. The van der Waals surface area contributed by atoms with E-state index < -0.39 is 18.8 Å². The minimum Gasteiger partial charge on any atom is -0.338 e. The molecule has 3 aliphatic heterocycles. The summed E-state index contributed by atoms with van der Waals surface area (Å²) < 4.78 is 14.6. The highest BCUT2D eigenvalue weighted by Gasteiger charge is 2.52. The number of carbonyl (C=O) groups is 2. The number of benzene rings is 2.